The molecule has 0 heterocycles. The Bertz CT molecular complexity index is 503. The van der Waals surface area contributed by atoms with E-state index in [1.54, 1.807) is 0 Å². The second-order valence-corrected chi connectivity index (χ2v) is 3.80. The number of amides is 1. The van der Waals surface area contributed by atoms with E-state index in [2.05, 4.69) is 10.1 Å². The van der Waals surface area contributed by atoms with Gasteiger partial charge in [-0.15, -0.1) is 0 Å². The maximum atomic E-state index is 12.5. The first kappa shape index (κ1) is 16.0. The Labute approximate surface area is 112 Å². The summed E-state index contributed by atoms with van der Waals surface area (Å²) in [5.74, 6) is -1.89. The zero-order valence-electron chi connectivity index (χ0n) is 10.5. The van der Waals surface area contributed by atoms with Gasteiger partial charge in [0.2, 0.25) is 0 Å². The number of esters is 1. The van der Waals surface area contributed by atoms with E-state index in [1.165, 1.54) is 13.0 Å². The second-order valence-electron chi connectivity index (χ2n) is 3.80. The molecule has 20 heavy (non-hydrogen) atoms. The van der Waals surface area contributed by atoms with E-state index in [0.717, 1.165) is 18.2 Å². The molecule has 0 radical (unpaired) electrons. The van der Waals surface area contributed by atoms with E-state index in [9.17, 15) is 22.8 Å². The Morgan fingerprint density at radius 1 is 1.40 bits per heavy atom. The van der Waals surface area contributed by atoms with Gasteiger partial charge >= 0.3 is 12.1 Å². The van der Waals surface area contributed by atoms with Crippen LogP contribution in [0.15, 0.2) is 24.3 Å². The van der Waals surface area contributed by atoms with Gasteiger partial charge in [-0.05, 0) is 25.1 Å². The maximum Gasteiger partial charge on any atom is 0.416 e. The number of hydrogen-bond acceptors (Lipinski definition) is 4. The van der Waals surface area contributed by atoms with E-state index in [1.807, 2.05) is 0 Å². The molecule has 5 nitrogen and oxygen atoms in total. The van der Waals surface area contributed by atoms with Crippen molar-refractivity contribution in [2.45, 2.75) is 19.1 Å². The molecule has 1 rings (SSSR count). The summed E-state index contributed by atoms with van der Waals surface area (Å²) < 4.78 is 42.0. The number of nitrogens with two attached hydrogens (primary N) is 1. The van der Waals surface area contributed by atoms with Crippen LogP contribution in [0.5, 0.6) is 0 Å². The van der Waals surface area contributed by atoms with Crippen molar-refractivity contribution in [3.63, 3.8) is 0 Å². The highest BCUT2D eigenvalue weighted by Crippen LogP contribution is 2.30. The highest BCUT2D eigenvalue weighted by Gasteiger charge is 2.31. The smallest absolute Gasteiger partial charge is 0.416 e. The van der Waals surface area contributed by atoms with Crippen molar-refractivity contribution in [1.29, 1.82) is 0 Å². The lowest BCUT2D eigenvalue weighted by molar-refractivity contribution is -0.147. The number of halogens is 3. The van der Waals surface area contributed by atoms with Crippen LogP contribution in [-0.2, 0) is 20.5 Å². The predicted molar refractivity (Wildman–Crippen MR) is 64.7 cm³/mol. The third kappa shape index (κ3) is 4.23. The molecule has 1 unspecified atom stereocenters. The van der Waals surface area contributed by atoms with Gasteiger partial charge in [0.25, 0.3) is 5.91 Å². The summed E-state index contributed by atoms with van der Waals surface area (Å²) in [5, 5.41) is 2.13. The Kier molecular flexibility index (Phi) is 5.09. The molecule has 0 aliphatic heterocycles. The fourth-order valence-electron chi connectivity index (χ4n) is 1.33. The van der Waals surface area contributed by atoms with Gasteiger partial charge in [-0.1, -0.05) is 6.07 Å². The highest BCUT2D eigenvalue weighted by molar-refractivity contribution is 6.08. The second kappa shape index (κ2) is 6.38. The normalized spacial score (nSPS) is 12.7. The van der Waals surface area contributed by atoms with Gasteiger partial charge in [0.1, 0.15) is 0 Å². The Balaban J connectivity index is 2.78. The summed E-state index contributed by atoms with van der Waals surface area (Å²) in [6.07, 6.45) is -4.52. The van der Waals surface area contributed by atoms with Crippen molar-refractivity contribution in [2.75, 3.05) is 11.9 Å². The number of ether oxygens (including phenoxy) is 1. The van der Waals surface area contributed by atoms with Crippen LogP contribution in [0.4, 0.5) is 18.9 Å². The zero-order chi connectivity index (χ0) is 15.3. The lowest BCUT2D eigenvalue weighted by atomic mass is 10.2. The van der Waals surface area contributed by atoms with Gasteiger partial charge < -0.3 is 15.8 Å². The molecule has 0 bridgehead atoms. The monoisotopic (exact) mass is 290 g/mol. The summed E-state index contributed by atoms with van der Waals surface area (Å²) in [6.45, 7) is 1.58. The molecular weight excluding hydrogens is 277 g/mol. The van der Waals surface area contributed by atoms with Crippen molar-refractivity contribution in [3.8, 4) is 0 Å². The molecule has 0 aliphatic carbocycles. The Morgan fingerprint density at radius 3 is 2.60 bits per heavy atom. The molecule has 0 fully saturated rings. The molecule has 1 atom stereocenters. The Morgan fingerprint density at radius 2 is 2.05 bits per heavy atom. The van der Waals surface area contributed by atoms with E-state index in [-0.39, 0.29) is 12.3 Å². The number of carbonyl (C=O) groups is 2. The third-order valence-corrected chi connectivity index (χ3v) is 2.28. The van der Waals surface area contributed by atoms with Gasteiger partial charge in [0.05, 0.1) is 12.2 Å². The minimum absolute atomic E-state index is 0.0450. The van der Waals surface area contributed by atoms with Crippen molar-refractivity contribution in [3.05, 3.63) is 29.8 Å². The maximum absolute atomic E-state index is 12.5. The van der Waals surface area contributed by atoms with Crippen LogP contribution in [-0.4, -0.2) is 24.5 Å². The van der Waals surface area contributed by atoms with E-state index >= 15 is 0 Å². The number of anilines is 1. The summed E-state index contributed by atoms with van der Waals surface area (Å²) in [6, 6.07) is 2.40. The van der Waals surface area contributed by atoms with Crippen LogP contribution < -0.4 is 11.1 Å². The standard InChI is InChI=1S/C12H13F3N2O3/c1-2-20-11(19)9(16)10(18)17-8-5-3-4-7(6-8)12(13,14)15/h3-6,9H,2,16H2,1H3,(H,17,18). The van der Waals surface area contributed by atoms with Crippen molar-refractivity contribution in [2.24, 2.45) is 5.73 Å². The number of rotatable bonds is 4. The highest BCUT2D eigenvalue weighted by atomic mass is 19.4. The van der Waals surface area contributed by atoms with Crippen molar-refractivity contribution < 1.29 is 27.5 Å². The third-order valence-electron chi connectivity index (χ3n) is 2.28. The van der Waals surface area contributed by atoms with E-state index in [0.29, 0.717) is 0 Å². The quantitative estimate of drug-likeness (QED) is 0.651. The first-order chi connectivity index (χ1) is 9.25. The molecular formula is C12H13F3N2O3. The molecule has 110 valence electrons. The van der Waals surface area contributed by atoms with Gasteiger partial charge in [0, 0.05) is 5.69 Å². The lowest BCUT2D eigenvalue weighted by Crippen LogP contribution is -2.43. The summed E-state index contributed by atoms with van der Waals surface area (Å²) in [4.78, 5) is 22.8. The molecule has 1 aromatic carbocycles. The first-order valence-electron chi connectivity index (χ1n) is 5.66. The van der Waals surface area contributed by atoms with E-state index < -0.39 is 29.7 Å². The topological polar surface area (TPSA) is 81.4 Å². The fourth-order valence-corrected chi connectivity index (χ4v) is 1.33. The van der Waals surface area contributed by atoms with Crippen LogP contribution in [0.25, 0.3) is 0 Å². The van der Waals surface area contributed by atoms with Gasteiger partial charge in [-0.2, -0.15) is 13.2 Å². The molecule has 1 amide bonds. The molecule has 0 aliphatic rings. The molecule has 0 saturated heterocycles. The number of carbonyl (C=O) groups excluding carboxylic acids is 2. The average molecular weight is 290 g/mol. The summed E-state index contributed by atoms with van der Waals surface area (Å²) in [5.41, 5.74) is 4.29. The molecule has 1 aromatic rings. The van der Waals surface area contributed by atoms with Crippen LogP contribution >= 0.6 is 0 Å². The fraction of sp³-hybridized carbons (Fsp3) is 0.333. The van der Waals surface area contributed by atoms with Gasteiger partial charge in [-0.25, -0.2) is 4.79 Å². The summed E-state index contributed by atoms with van der Waals surface area (Å²) >= 11 is 0. The minimum atomic E-state index is -4.52. The number of alkyl halides is 3. The Hall–Kier alpha value is -2.09. The van der Waals surface area contributed by atoms with E-state index in [4.69, 9.17) is 5.73 Å². The summed E-state index contributed by atoms with van der Waals surface area (Å²) in [7, 11) is 0. The number of nitrogens with one attached hydrogen (secondary N) is 1. The molecule has 0 spiro atoms. The molecule has 0 saturated carbocycles. The first-order valence-corrected chi connectivity index (χ1v) is 5.66. The van der Waals surface area contributed by atoms with Crippen LogP contribution in [0.2, 0.25) is 0 Å². The zero-order valence-corrected chi connectivity index (χ0v) is 10.5. The minimum Gasteiger partial charge on any atom is -0.464 e. The number of benzene rings is 1. The average Bonchev–Trinajstić information content (AvgIpc) is 2.37. The lowest BCUT2D eigenvalue weighted by Gasteiger charge is -2.12. The van der Waals surface area contributed by atoms with Crippen molar-refractivity contribution >= 4 is 17.6 Å². The SMILES string of the molecule is CCOC(=O)C(N)C(=O)Nc1cccc(C(F)(F)F)c1. The van der Waals surface area contributed by atoms with Crippen LogP contribution in [0.3, 0.4) is 0 Å². The van der Waals surface area contributed by atoms with Crippen LogP contribution in [0.1, 0.15) is 12.5 Å². The molecule has 8 heteroatoms. The van der Waals surface area contributed by atoms with Gasteiger partial charge in [-0.3, -0.25) is 4.79 Å². The molecule has 0 aromatic heterocycles. The van der Waals surface area contributed by atoms with Crippen molar-refractivity contribution in [1.82, 2.24) is 0 Å². The van der Waals surface area contributed by atoms with Gasteiger partial charge in [0.15, 0.2) is 6.04 Å². The largest absolute Gasteiger partial charge is 0.464 e. The molecule has 3 N–H and O–H groups in total. The number of hydrogen-bond donors (Lipinski definition) is 2. The van der Waals surface area contributed by atoms with Crippen LogP contribution in [0, 0.1) is 0 Å². The predicted octanol–water partition coefficient (Wildman–Crippen LogP) is 1.53.